The van der Waals surface area contributed by atoms with Gasteiger partial charge in [-0.05, 0) is 52.9 Å². The molecule has 2 N–H and O–H groups in total. The number of nitrogen functional groups attached to an aromatic ring is 1. The van der Waals surface area contributed by atoms with Crippen LogP contribution in [0.15, 0.2) is 24.3 Å². The van der Waals surface area contributed by atoms with Gasteiger partial charge in [0, 0.05) is 19.1 Å². The summed E-state index contributed by atoms with van der Waals surface area (Å²) in [5.74, 6) is 2.61. The predicted molar refractivity (Wildman–Crippen MR) is 101 cm³/mol. The van der Waals surface area contributed by atoms with Crippen molar-refractivity contribution in [1.82, 2.24) is 14.9 Å². The first-order valence-corrected chi connectivity index (χ1v) is 8.74. The number of nitrogens with two attached hydrogens (primary N) is 1. The topological polar surface area (TPSA) is 67.5 Å². The minimum atomic E-state index is 0.432. The van der Waals surface area contributed by atoms with Crippen molar-refractivity contribution in [2.45, 2.75) is 32.7 Å². The first kappa shape index (κ1) is 17.5. The van der Waals surface area contributed by atoms with Crippen LogP contribution in [0.2, 0.25) is 0 Å². The summed E-state index contributed by atoms with van der Waals surface area (Å²) in [6.45, 7) is 5.79. The van der Waals surface area contributed by atoms with E-state index in [1.807, 2.05) is 38.1 Å². The Labute approximate surface area is 149 Å². The van der Waals surface area contributed by atoms with Crippen LogP contribution in [0.25, 0.3) is 0 Å². The van der Waals surface area contributed by atoms with Crippen LogP contribution in [0, 0.1) is 13.8 Å². The van der Waals surface area contributed by atoms with Gasteiger partial charge in [0.25, 0.3) is 0 Å². The normalized spacial score (nSPS) is 15.6. The van der Waals surface area contributed by atoms with Gasteiger partial charge in [-0.2, -0.15) is 4.98 Å². The molecule has 0 spiro atoms. The van der Waals surface area contributed by atoms with Crippen molar-refractivity contribution < 1.29 is 4.74 Å². The Morgan fingerprint density at radius 3 is 2.32 bits per heavy atom. The fraction of sp³-hybridized carbons (Fsp3) is 0.474. The highest BCUT2D eigenvalue weighted by Crippen LogP contribution is 2.33. The molecule has 1 aliphatic rings. The van der Waals surface area contributed by atoms with Crippen LogP contribution in [-0.2, 0) is 0 Å². The molecule has 0 atom stereocenters. The van der Waals surface area contributed by atoms with Gasteiger partial charge in [0.2, 0.25) is 5.88 Å². The Hall–Kier alpha value is -2.34. The highest BCUT2D eigenvalue weighted by Gasteiger charge is 2.24. The van der Waals surface area contributed by atoms with Crippen LogP contribution >= 0.6 is 0 Å². The average Bonchev–Trinajstić information content (AvgIpc) is 2.60. The predicted octanol–water partition coefficient (Wildman–Crippen LogP) is 3.00. The number of anilines is 2. The molecule has 1 aromatic carbocycles. The Balaban J connectivity index is 1.81. The molecule has 1 aliphatic heterocycles. The summed E-state index contributed by atoms with van der Waals surface area (Å²) in [6.07, 6.45) is 2.20. The smallest absolute Gasteiger partial charge is 0.248 e. The summed E-state index contributed by atoms with van der Waals surface area (Å²) in [5.41, 5.74) is 8.05. The molecular weight excluding hydrogens is 314 g/mol. The summed E-state index contributed by atoms with van der Waals surface area (Å²) in [7, 11) is 4.27. The second-order valence-electron chi connectivity index (χ2n) is 6.91. The number of aromatic nitrogens is 2. The zero-order valence-electron chi connectivity index (χ0n) is 15.5. The third-order valence-corrected chi connectivity index (χ3v) is 4.73. The number of nitrogens with zero attached hydrogens (tertiary/aromatic N) is 4. The fourth-order valence-corrected chi connectivity index (χ4v) is 3.17. The molecule has 1 aromatic heterocycles. The Morgan fingerprint density at radius 1 is 1.08 bits per heavy atom. The minimum absolute atomic E-state index is 0.432. The van der Waals surface area contributed by atoms with Crippen LogP contribution in [0.4, 0.5) is 11.5 Å². The Kier molecular flexibility index (Phi) is 5.08. The first-order chi connectivity index (χ1) is 11.9. The summed E-state index contributed by atoms with van der Waals surface area (Å²) in [4.78, 5) is 13.5. The largest absolute Gasteiger partial charge is 0.437 e. The van der Waals surface area contributed by atoms with E-state index in [0.717, 1.165) is 37.5 Å². The van der Waals surface area contributed by atoms with Crippen molar-refractivity contribution in [3.05, 3.63) is 35.7 Å². The van der Waals surface area contributed by atoms with Crippen LogP contribution in [0.3, 0.4) is 0 Å². The molecular formula is C19H27N5O. The fourth-order valence-electron chi connectivity index (χ4n) is 3.17. The molecule has 2 heterocycles. The molecule has 0 radical (unpaired) electrons. The van der Waals surface area contributed by atoms with Gasteiger partial charge in [-0.25, -0.2) is 4.98 Å². The van der Waals surface area contributed by atoms with E-state index < -0.39 is 0 Å². The number of benzene rings is 1. The maximum atomic E-state index is 6.35. The number of ether oxygens (including phenoxy) is 1. The third-order valence-electron chi connectivity index (χ3n) is 4.73. The van der Waals surface area contributed by atoms with Gasteiger partial charge in [-0.1, -0.05) is 17.7 Å². The number of hydrogen-bond acceptors (Lipinski definition) is 6. The summed E-state index contributed by atoms with van der Waals surface area (Å²) in [6, 6.07) is 8.48. The number of piperidine rings is 1. The second-order valence-corrected chi connectivity index (χ2v) is 6.91. The summed E-state index contributed by atoms with van der Waals surface area (Å²) >= 11 is 0. The zero-order chi connectivity index (χ0) is 18.0. The molecule has 1 fully saturated rings. The quantitative estimate of drug-likeness (QED) is 0.922. The van der Waals surface area contributed by atoms with Crippen LogP contribution in [0.5, 0.6) is 11.6 Å². The van der Waals surface area contributed by atoms with Crippen LogP contribution < -0.4 is 15.4 Å². The standard InChI is InChI=1S/C19H27N5O/c1-13-5-7-16(8-6-13)25-19-17(20)18(21-14(2)22-19)24-11-9-15(10-12-24)23(3)4/h5-8,15H,9-12,20H2,1-4H3. The van der Waals surface area contributed by atoms with E-state index in [9.17, 15) is 0 Å². The van der Waals surface area contributed by atoms with E-state index in [-0.39, 0.29) is 0 Å². The van der Waals surface area contributed by atoms with Gasteiger partial charge in [-0.15, -0.1) is 0 Å². The molecule has 6 heteroatoms. The molecule has 0 aliphatic carbocycles. The molecule has 0 saturated carbocycles. The summed E-state index contributed by atoms with van der Waals surface area (Å²) < 4.78 is 5.92. The SMILES string of the molecule is Cc1ccc(Oc2nc(C)nc(N3CCC(N(C)C)CC3)c2N)cc1. The van der Waals surface area contributed by atoms with Crippen molar-refractivity contribution >= 4 is 11.5 Å². The number of rotatable bonds is 4. The molecule has 0 amide bonds. The van der Waals surface area contributed by atoms with Gasteiger partial charge in [0.1, 0.15) is 17.3 Å². The zero-order valence-corrected chi connectivity index (χ0v) is 15.5. The third kappa shape index (κ3) is 4.02. The lowest BCUT2D eigenvalue weighted by atomic mass is 10.0. The average molecular weight is 341 g/mol. The second kappa shape index (κ2) is 7.27. The minimum Gasteiger partial charge on any atom is -0.437 e. The van der Waals surface area contributed by atoms with Gasteiger partial charge >= 0.3 is 0 Å². The van der Waals surface area contributed by atoms with Gasteiger partial charge in [-0.3, -0.25) is 0 Å². The molecule has 25 heavy (non-hydrogen) atoms. The van der Waals surface area contributed by atoms with Gasteiger partial charge in [0.05, 0.1) is 0 Å². The highest BCUT2D eigenvalue weighted by molar-refractivity contribution is 5.69. The Morgan fingerprint density at radius 2 is 1.72 bits per heavy atom. The monoisotopic (exact) mass is 341 g/mol. The molecule has 1 saturated heterocycles. The van der Waals surface area contributed by atoms with Crippen LogP contribution in [-0.4, -0.2) is 48.1 Å². The molecule has 6 nitrogen and oxygen atoms in total. The first-order valence-electron chi connectivity index (χ1n) is 8.74. The van der Waals surface area contributed by atoms with Gasteiger partial charge < -0.3 is 20.3 Å². The van der Waals surface area contributed by atoms with E-state index in [1.165, 1.54) is 5.56 Å². The van der Waals surface area contributed by atoms with Crippen molar-refractivity contribution in [1.29, 1.82) is 0 Å². The van der Waals surface area contributed by atoms with E-state index in [1.54, 1.807) is 0 Å². The van der Waals surface area contributed by atoms with Crippen molar-refractivity contribution in [3.63, 3.8) is 0 Å². The molecule has 2 aromatic rings. The molecule has 3 rings (SSSR count). The van der Waals surface area contributed by atoms with E-state index in [2.05, 4.69) is 33.9 Å². The van der Waals surface area contributed by atoms with E-state index >= 15 is 0 Å². The maximum absolute atomic E-state index is 6.35. The lowest BCUT2D eigenvalue weighted by Gasteiger charge is -2.36. The van der Waals surface area contributed by atoms with Crippen molar-refractivity contribution in [2.75, 3.05) is 37.8 Å². The summed E-state index contributed by atoms with van der Waals surface area (Å²) in [5, 5.41) is 0. The highest BCUT2D eigenvalue weighted by atomic mass is 16.5. The molecule has 0 bridgehead atoms. The lowest BCUT2D eigenvalue weighted by molar-refractivity contribution is 0.249. The Bertz CT molecular complexity index is 721. The van der Waals surface area contributed by atoms with Crippen LogP contribution in [0.1, 0.15) is 24.2 Å². The van der Waals surface area contributed by atoms with E-state index in [4.69, 9.17) is 10.5 Å². The number of hydrogen-bond donors (Lipinski definition) is 1. The molecule has 0 unspecified atom stereocenters. The molecule has 134 valence electrons. The number of aryl methyl sites for hydroxylation is 2. The van der Waals surface area contributed by atoms with Crippen molar-refractivity contribution in [2.24, 2.45) is 0 Å². The van der Waals surface area contributed by atoms with Gasteiger partial charge in [0.15, 0.2) is 5.82 Å². The lowest BCUT2D eigenvalue weighted by Crippen LogP contribution is -2.42. The van der Waals surface area contributed by atoms with E-state index in [0.29, 0.717) is 23.4 Å². The maximum Gasteiger partial charge on any atom is 0.248 e. The van der Waals surface area contributed by atoms with Crippen molar-refractivity contribution in [3.8, 4) is 11.6 Å².